The highest BCUT2D eigenvalue weighted by Crippen LogP contribution is 2.50. The summed E-state index contributed by atoms with van der Waals surface area (Å²) in [5.74, 6) is 0. The summed E-state index contributed by atoms with van der Waals surface area (Å²) in [6.07, 6.45) is 0. The first kappa shape index (κ1) is 35.2. The molecule has 2 heterocycles. The molecule has 0 aliphatic carbocycles. The lowest BCUT2D eigenvalue weighted by atomic mass is 9.90. The molecule has 2 aromatic heterocycles. The summed E-state index contributed by atoms with van der Waals surface area (Å²) < 4.78 is 5.10. The summed E-state index contributed by atoms with van der Waals surface area (Å²) in [6.45, 7) is 0. The lowest BCUT2D eigenvalue weighted by molar-refractivity contribution is 1.19. The fraction of sp³-hybridized carbons (Fsp3) is 0. The van der Waals surface area contributed by atoms with Crippen molar-refractivity contribution in [3.63, 3.8) is 0 Å². The highest BCUT2D eigenvalue weighted by molar-refractivity contribution is 6.44. The molecule has 14 rings (SSSR count). The Kier molecular flexibility index (Phi) is 7.43. The molecule has 0 spiro atoms. The second kappa shape index (κ2) is 13.5. The van der Waals surface area contributed by atoms with Crippen LogP contribution in [0.1, 0.15) is 0 Å². The van der Waals surface area contributed by atoms with Gasteiger partial charge < -0.3 is 9.13 Å². The van der Waals surface area contributed by atoms with Crippen molar-refractivity contribution in [2.45, 2.75) is 0 Å². The van der Waals surface area contributed by atoms with Crippen molar-refractivity contribution in [3.8, 4) is 33.6 Å². The van der Waals surface area contributed by atoms with Crippen LogP contribution in [0.3, 0.4) is 0 Å². The average molecular weight is 811 g/mol. The minimum absolute atomic E-state index is 1.15. The van der Waals surface area contributed by atoms with Gasteiger partial charge in [-0.15, -0.1) is 0 Å². The van der Waals surface area contributed by atoms with E-state index in [2.05, 4.69) is 240 Å². The van der Waals surface area contributed by atoms with Gasteiger partial charge in [-0.25, -0.2) is 0 Å². The largest absolute Gasteiger partial charge is 0.309 e. The molecular formula is C62H38N2. The fourth-order valence-corrected chi connectivity index (χ4v) is 11.0. The van der Waals surface area contributed by atoms with Gasteiger partial charge in [0.25, 0.3) is 0 Å². The number of para-hydroxylation sites is 2. The van der Waals surface area contributed by atoms with E-state index in [0.29, 0.717) is 0 Å². The summed E-state index contributed by atoms with van der Waals surface area (Å²) in [5.41, 5.74) is 12.1. The lowest BCUT2D eigenvalue weighted by Crippen LogP contribution is -1.98. The van der Waals surface area contributed by atoms with E-state index in [1.807, 2.05) is 0 Å². The van der Waals surface area contributed by atoms with E-state index in [0.717, 1.165) is 11.4 Å². The lowest BCUT2D eigenvalue weighted by Gasteiger charge is -2.18. The minimum atomic E-state index is 1.15. The maximum atomic E-state index is 2.55. The van der Waals surface area contributed by atoms with Gasteiger partial charge in [0.2, 0.25) is 0 Å². The second-order valence-corrected chi connectivity index (χ2v) is 17.2. The van der Waals surface area contributed by atoms with Crippen molar-refractivity contribution < 1.29 is 0 Å². The molecule has 0 saturated carbocycles. The Morgan fingerprint density at radius 3 is 0.969 bits per heavy atom. The van der Waals surface area contributed by atoms with Gasteiger partial charge >= 0.3 is 0 Å². The monoisotopic (exact) mass is 810 g/mol. The Labute approximate surface area is 369 Å². The van der Waals surface area contributed by atoms with Crippen LogP contribution >= 0.6 is 0 Å². The molecule has 0 N–H and O–H groups in total. The summed E-state index contributed by atoms with van der Waals surface area (Å²) in [7, 11) is 0. The van der Waals surface area contributed by atoms with Crippen LogP contribution in [-0.4, -0.2) is 9.13 Å². The van der Waals surface area contributed by atoms with Gasteiger partial charge in [0.1, 0.15) is 0 Å². The molecule has 0 aliphatic rings. The van der Waals surface area contributed by atoms with Gasteiger partial charge in [-0.2, -0.15) is 0 Å². The highest BCUT2D eigenvalue weighted by atomic mass is 15.0. The minimum Gasteiger partial charge on any atom is -0.309 e. The Bertz CT molecular complexity index is 3950. The van der Waals surface area contributed by atoms with Gasteiger partial charge in [-0.1, -0.05) is 182 Å². The van der Waals surface area contributed by atoms with Crippen molar-refractivity contribution >= 4 is 97.5 Å². The van der Waals surface area contributed by atoms with E-state index in [4.69, 9.17) is 0 Å². The molecule has 0 saturated heterocycles. The predicted molar refractivity (Wildman–Crippen MR) is 274 cm³/mol. The summed E-state index contributed by atoms with van der Waals surface area (Å²) in [6, 6.07) is 85.3. The molecule has 0 bridgehead atoms. The summed E-state index contributed by atoms with van der Waals surface area (Å²) >= 11 is 0. The number of benzene rings is 12. The Morgan fingerprint density at radius 2 is 0.547 bits per heavy atom. The summed E-state index contributed by atoms with van der Waals surface area (Å²) in [5, 5.41) is 17.5. The van der Waals surface area contributed by atoms with Gasteiger partial charge in [-0.05, 0) is 114 Å². The van der Waals surface area contributed by atoms with Crippen molar-refractivity contribution in [1.82, 2.24) is 9.13 Å². The Hall–Kier alpha value is -8.46. The normalized spacial score (nSPS) is 12.1. The number of hydrogen-bond donors (Lipinski definition) is 0. The van der Waals surface area contributed by atoms with Crippen LogP contribution in [0.5, 0.6) is 0 Å². The number of rotatable bonds is 4. The standard InChI is InChI=1S/C62H38N2/c1-3-15-39(16-4-1)41-27-29-45-37-47(33-31-43(45)35-41)63-55-25-13-11-23-53(55)57-49-19-7-10-22-52(49)60-59(61(57)63)51-21-9-8-20-50(51)58-54-24-12-14-26-56(54)64(62(58)60)48-34-32-44-36-42(28-30-46(44)38-48)40-17-5-2-6-18-40/h1-38H. The molecule has 0 amide bonds. The zero-order valence-corrected chi connectivity index (χ0v) is 34.8. The fourth-order valence-electron chi connectivity index (χ4n) is 11.0. The Morgan fingerprint density at radius 1 is 0.219 bits per heavy atom. The molecule has 64 heavy (non-hydrogen) atoms. The number of hydrogen-bond acceptors (Lipinski definition) is 0. The van der Waals surface area contributed by atoms with Gasteiger partial charge in [0.05, 0.1) is 22.1 Å². The third-order valence-corrected chi connectivity index (χ3v) is 13.8. The summed E-state index contributed by atoms with van der Waals surface area (Å²) in [4.78, 5) is 0. The highest BCUT2D eigenvalue weighted by Gasteiger charge is 2.26. The van der Waals surface area contributed by atoms with E-state index in [1.165, 1.54) is 120 Å². The predicted octanol–water partition coefficient (Wildman–Crippen LogP) is 17.0. The van der Waals surface area contributed by atoms with Crippen LogP contribution in [0, 0.1) is 0 Å². The average Bonchev–Trinajstić information content (AvgIpc) is 3.90. The molecule has 12 aromatic carbocycles. The first-order valence-corrected chi connectivity index (χ1v) is 22.2. The van der Waals surface area contributed by atoms with E-state index in [9.17, 15) is 0 Å². The van der Waals surface area contributed by atoms with Gasteiger partial charge in [-0.3, -0.25) is 0 Å². The molecule has 2 heteroatoms. The van der Waals surface area contributed by atoms with E-state index in [1.54, 1.807) is 0 Å². The third-order valence-electron chi connectivity index (χ3n) is 13.8. The SMILES string of the molecule is c1ccc(-c2ccc3cc(-n4c5ccccc5c5c6ccccc6c6c(c7ccccc7c7c8ccccc8n(-c8ccc9cc(-c%10ccccc%10)ccc9c8)c76)c54)ccc3c2)cc1. The molecule has 0 radical (unpaired) electrons. The molecular weight excluding hydrogens is 773 g/mol. The van der Waals surface area contributed by atoms with Crippen LogP contribution < -0.4 is 0 Å². The van der Waals surface area contributed by atoms with Crippen molar-refractivity contribution in [2.24, 2.45) is 0 Å². The first-order chi connectivity index (χ1) is 31.8. The van der Waals surface area contributed by atoms with Gasteiger partial charge in [0, 0.05) is 43.7 Å². The molecule has 296 valence electrons. The van der Waals surface area contributed by atoms with Crippen molar-refractivity contribution in [2.75, 3.05) is 0 Å². The van der Waals surface area contributed by atoms with Crippen LogP contribution in [0.4, 0.5) is 0 Å². The zero-order chi connectivity index (χ0) is 41.9. The topological polar surface area (TPSA) is 9.86 Å². The molecule has 0 unspecified atom stereocenters. The molecule has 2 nitrogen and oxygen atoms in total. The van der Waals surface area contributed by atoms with Crippen molar-refractivity contribution in [3.05, 3.63) is 231 Å². The zero-order valence-electron chi connectivity index (χ0n) is 34.8. The molecule has 0 fully saturated rings. The molecule has 0 atom stereocenters. The van der Waals surface area contributed by atoms with E-state index in [-0.39, 0.29) is 0 Å². The van der Waals surface area contributed by atoms with E-state index >= 15 is 0 Å². The van der Waals surface area contributed by atoms with Crippen LogP contribution in [0.15, 0.2) is 231 Å². The van der Waals surface area contributed by atoms with E-state index < -0.39 is 0 Å². The third kappa shape index (κ3) is 5.02. The van der Waals surface area contributed by atoms with Crippen molar-refractivity contribution in [1.29, 1.82) is 0 Å². The van der Waals surface area contributed by atoms with Gasteiger partial charge in [0.15, 0.2) is 0 Å². The number of nitrogens with zero attached hydrogens (tertiary/aromatic N) is 2. The molecule has 14 aromatic rings. The maximum Gasteiger partial charge on any atom is 0.0633 e. The number of fused-ring (bicyclic) bond motifs is 17. The van der Waals surface area contributed by atoms with Crippen LogP contribution in [-0.2, 0) is 0 Å². The Balaban J connectivity index is 1.13. The number of aromatic nitrogens is 2. The maximum absolute atomic E-state index is 2.55. The smallest absolute Gasteiger partial charge is 0.0633 e. The molecule has 0 aliphatic heterocycles. The second-order valence-electron chi connectivity index (χ2n) is 17.2. The quantitative estimate of drug-likeness (QED) is 0.157. The van der Waals surface area contributed by atoms with Crippen LogP contribution in [0.2, 0.25) is 0 Å². The van der Waals surface area contributed by atoms with Crippen LogP contribution in [0.25, 0.3) is 131 Å². The first-order valence-electron chi connectivity index (χ1n) is 22.2.